The quantitative estimate of drug-likeness (QED) is 0.604. The highest BCUT2D eigenvalue weighted by Gasteiger charge is 2.23. The van der Waals surface area contributed by atoms with Gasteiger partial charge in [0.05, 0.1) is 0 Å². The first-order chi connectivity index (χ1) is 7.70. The van der Waals surface area contributed by atoms with E-state index in [1.807, 2.05) is 6.92 Å². The molecular weight excluding hydrogens is 198 g/mol. The van der Waals surface area contributed by atoms with Crippen LogP contribution in [0.2, 0.25) is 0 Å². The monoisotopic (exact) mass is 219 g/mol. The highest BCUT2D eigenvalue weighted by molar-refractivity contribution is 5.25. The predicted molar refractivity (Wildman–Crippen MR) is 65.7 cm³/mol. The zero-order chi connectivity index (χ0) is 11.5. The van der Waals surface area contributed by atoms with Gasteiger partial charge in [-0.3, -0.25) is 16.3 Å². The summed E-state index contributed by atoms with van der Waals surface area (Å²) >= 11 is 0. The molecule has 1 fully saturated rings. The molecule has 0 radical (unpaired) electrons. The fraction of sp³-hybridized carbons (Fsp3) is 0.615. The lowest BCUT2D eigenvalue weighted by atomic mass is 9.79. The van der Waals surface area contributed by atoms with Crippen molar-refractivity contribution in [3.63, 3.8) is 0 Å². The molecule has 1 aromatic rings. The molecular formula is C13H21N3. The van der Waals surface area contributed by atoms with E-state index < -0.39 is 0 Å². The van der Waals surface area contributed by atoms with E-state index in [9.17, 15) is 0 Å². The maximum atomic E-state index is 5.66. The molecule has 1 aromatic heterocycles. The van der Waals surface area contributed by atoms with E-state index in [1.165, 1.54) is 24.8 Å². The molecule has 0 spiro atoms. The number of nitrogens with zero attached hydrogens (tertiary/aromatic N) is 1. The third kappa shape index (κ3) is 2.42. The lowest BCUT2D eigenvalue weighted by molar-refractivity contribution is 0.261. The smallest absolute Gasteiger partial charge is 0.0480 e. The van der Waals surface area contributed by atoms with E-state index in [1.54, 1.807) is 0 Å². The second-order valence-electron chi connectivity index (χ2n) is 4.88. The summed E-state index contributed by atoms with van der Waals surface area (Å²) in [7, 11) is 0. The molecule has 1 heterocycles. The lowest BCUT2D eigenvalue weighted by Crippen LogP contribution is -2.31. The van der Waals surface area contributed by atoms with Crippen molar-refractivity contribution in [1.29, 1.82) is 0 Å². The van der Waals surface area contributed by atoms with Crippen molar-refractivity contribution >= 4 is 0 Å². The second-order valence-corrected chi connectivity index (χ2v) is 4.88. The molecule has 1 unspecified atom stereocenters. The van der Waals surface area contributed by atoms with Crippen LogP contribution in [0.25, 0.3) is 0 Å². The van der Waals surface area contributed by atoms with Gasteiger partial charge < -0.3 is 0 Å². The molecule has 1 aliphatic carbocycles. The number of nitrogens with one attached hydrogen (secondary N) is 1. The van der Waals surface area contributed by atoms with Crippen LogP contribution in [0.15, 0.2) is 12.1 Å². The highest BCUT2D eigenvalue weighted by Crippen LogP contribution is 2.34. The lowest BCUT2D eigenvalue weighted by Gasteiger charge is -2.30. The van der Waals surface area contributed by atoms with Crippen molar-refractivity contribution in [2.45, 2.75) is 45.6 Å². The van der Waals surface area contributed by atoms with E-state index in [0.29, 0.717) is 0 Å². The van der Waals surface area contributed by atoms with Crippen LogP contribution in [0, 0.1) is 19.8 Å². The molecule has 0 bridgehead atoms. The van der Waals surface area contributed by atoms with Crippen LogP contribution in [0.3, 0.4) is 0 Å². The van der Waals surface area contributed by atoms with Gasteiger partial charge in [0.2, 0.25) is 0 Å². The van der Waals surface area contributed by atoms with Gasteiger partial charge in [-0.1, -0.05) is 25.3 Å². The second kappa shape index (κ2) is 4.93. The average Bonchev–Trinajstić information content (AvgIpc) is 2.18. The van der Waals surface area contributed by atoms with Gasteiger partial charge >= 0.3 is 0 Å². The summed E-state index contributed by atoms with van der Waals surface area (Å²) in [5, 5.41) is 0. The minimum atomic E-state index is 0.262. The fourth-order valence-electron chi connectivity index (χ4n) is 2.41. The molecule has 3 N–H and O–H groups in total. The zero-order valence-corrected chi connectivity index (χ0v) is 10.2. The summed E-state index contributed by atoms with van der Waals surface area (Å²) < 4.78 is 0. The molecule has 0 saturated heterocycles. The number of nitrogens with two attached hydrogens (primary N) is 1. The van der Waals surface area contributed by atoms with E-state index in [0.717, 1.165) is 23.7 Å². The highest BCUT2D eigenvalue weighted by atomic mass is 15.2. The van der Waals surface area contributed by atoms with E-state index in [4.69, 9.17) is 5.84 Å². The molecule has 3 nitrogen and oxygen atoms in total. The maximum absolute atomic E-state index is 5.66. The molecule has 88 valence electrons. The Morgan fingerprint density at radius 2 is 2.19 bits per heavy atom. The van der Waals surface area contributed by atoms with Crippen LogP contribution in [0.5, 0.6) is 0 Å². The normalized spacial score (nSPS) is 18.2. The Kier molecular flexibility index (Phi) is 3.56. The molecule has 3 heteroatoms. The van der Waals surface area contributed by atoms with Crippen LogP contribution < -0.4 is 11.3 Å². The van der Waals surface area contributed by atoms with Crippen LogP contribution in [-0.2, 0) is 0 Å². The Hall–Kier alpha value is -0.930. The molecule has 1 saturated carbocycles. The Bertz CT molecular complexity index is 358. The Labute approximate surface area is 97.4 Å². The van der Waals surface area contributed by atoms with Gasteiger partial charge in [0.25, 0.3) is 0 Å². The number of aromatic nitrogens is 1. The van der Waals surface area contributed by atoms with Gasteiger partial charge in [0.15, 0.2) is 0 Å². The predicted octanol–water partition coefficient (Wildman–Crippen LogP) is 2.39. The third-order valence-electron chi connectivity index (χ3n) is 3.64. The first kappa shape index (κ1) is 11.6. The number of hydrogen-bond donors (Lipinski definition) is 2. The zero-order valence-electron chi connectivity index (χ0n) is 10.2. The summed E-state index contributed by atoms with van der Waals surface area (Å²) in [6.07, 6.45) is 5.24. The Morgan fingerprint density at radius 3 is 2.69 bits per heavy atom. The van der Waals surface area contributed by atoms with Gasteiger partial charge in [-0.25, -0.2) is 0 Å². The van der Waals surface area contributed by atoms with E-state index >= 15 is 0 Å². The van der Waals surface area contributed by atoms with E-state index in [-0.39, 0.29) is 6.04 Å². The van der Waals surface area contributed by atoms with Crippen LogP contribution in [0.1, 0.15) is 48.7 Å². The Morgan fingerprint density at radius 1 is 1.44 bits per heavy atom. The van der Waals surface area contributed by atoms with Gasteiger partial charge in [-0.15, -0.1) is 0 Å². The number of hydrazine groups is 1. The van der Waals surface area contributed by atoms with Crippen LogP contribution >= 0.6 is 0 Å². The fourth-order valence-corrected chi connectivity index (χ4v) is 2.41. The van der Waals surface area contributed by atoms with Crippen molar-refractivity contribution < 1.29 is 0 Å². The van der Waals surface area contributed by atoms with Crippen molar-refractivity contribution in [2.24, 2.45) is 11.8 Å². The summed E-state index contributed by atoms with van der Waals surface area (Å²) in [5.74, 6) is 6.51. The van der Waals surface area contributed by atoms with Gasteiger partial charge in [0, 0.05) is 17.4 Å². The topological polar surface area (TPSA) is 50.9 Å². The first-order valence-electron chi connectivity index (χ1n) is 6.11. The molecule has 0 aliphatic heterocycles. The van der Waals surface area contributed by atoms with E-state index in [2.05, 4.69) is 29.5 Å². The number of aryl methyl sites for hydroxylation is 2. The SMILES string of the molecule is Cc1ccc(C(CC2CCC2)NN)c(C)n1. The van der Waals surface area contributed by atoms with Gasteiger partial charge in [-0.05, 0) is 37.8 Å². The third-order valence-corrected chi connectivity index (χ3v) is 3.64. The summed E-state index contributed by atoms with van der Waals surface area (Å²) in [4.78, 5) is 4.50. The van der Waals surface area contributed by atoms with Gasteiger partial charge in [-0.2, -0.15) is 0 Å². The van der Waals surface area contributed by atoms with Crippen molar-refractivity contribution in [1.82, 2.24) is 10.4 Å². The number of rotatable bonds is 4. The largest absolute Gasteiger partial charge is 0.271 e. The molecule has 0 amide bonds. The van der Waals surface area contributed by atoms with Crippen LogP contribution in [0.4, 0.5) is 0 Å². The molecule has 0 aromatic carbocycles. The minimum absolute atomic E-state index is 0.262. The van der Waals surface area contributed by atoms with Crippen molar-refractivity contribution in [3.8, 4) is 0 Å². The minimum Gasteiger partial charge on any atom is -0.271 e. The summed E-state index contributed by atoms with van der Waals surface area (Å²) in [5.41, 5.74) is 6.36. The van der Waals surface area contributed by atoms with Crippen molar-refractivity contribution in [2.75, 3.05) is 0 Å². The standard InChI is InChI=1S/C13H21N3/c1-9-6-7-12(10(2)15-9)13(16-14)8-11-4-3-5-11/h6-7,11,13,16H,3-5,8,14H2,1-2H3. The maximum Gasteiger partial charge on any atom is 0.0480 e. The van der Waals surface area contributed by atoms with Gasteiger partial charge in [0.1, 0.15) is 0 Å². The Balaban J connectivity index is 2.11. The number of pyridine rings is 1. The summed E-state index contributed by atoms with van der Waals surface area (Å²) in [6.45, 7) is 4.08. The molecule has 16 heavy (non-hydrogen) atoms. The molecule has 2 rings (SSSR count). The first-order valence-corrected chi connectivity index (χ1v) is 6.11. The molecule has 1 atom stereocenters. The summed E-state index contributed by atoms with van der Waals surface area (Å²) in [6, 6.07) is 4.48. The average molecular weight is 219 g/mol. The van der Waals surface area contributed by atoms with Crippen molar-refractivity contribution in [3.05, 3.63) is 29.1 Å². The molecule has 1 aliphatic rings. The van der Waals surface area contributed by atoms with Crippen LogP contribution in [-0.4, -0.2) is 4.98 Å². The number of hydrogen-bond acceptors (Lipinski definition) is 3.